The van der Waals surface area contributed by atoms with Gasteiger partial charge in [-0.15, -0.1) is 0 Å². The molecule has 1 aliphatic rings. The van der Waals surface area contributed by atoms with E-state index in [2.05, 4.69) is 0 Å². The first kappa shape index (κ1) is 7.40. The van der Waals surface area contributed by atoms with Crippen molar-refractivity contribution in [3.05, 3.63) is 23.0 Å². The molecule has 0 radical (unpaired) electrons. The van der Waals surface area contributed by atoms with Crippen molar-refractivity contribution < 1.29 is 9.13 Å². The number of nitrogens with two attached hydrogens (primary N) is 1. The first-order chi connectivity index (χ1) is 5.70. The molecule has 0 amide bonds. The van der Waals surface area contributed by atoms with Gasteiger partial charge in [-0.2, -0.15) is 0 Å². The van der Waals surface area contributed by atoms with Crippen molar-refractivity contribution in [3.63, 3.8) is 0 Å². The molecule has 0 aliphatic carbocycles. The molecule has 0 fully saturated rings. The number of nitrogen functional groups attached to an aromatic ring is 1. The Morgan fingerprint density at radius 3 is 3.08 bits per heavy atom. The Bertz CT molecular complexity index is 336. The van der Waals surface area contributed by atoms with Gasteiger partial charge < -0.3 is 10.5 Å². The molecule has 0 bridgehead atoms. The number of anilines is 1. The summed E-state index contributed by atoms with van der Waals surface area (Å²) in [5.41, 5.74) is 7.23. The topological polar surface area (TPSA) is 35.2 Å². The van der Waals surface area contributed by atoms with Crippen LogP contribution in [0.1, 0.15) is 11.1 Å². The molecule has 0 saturated heterocycles. The van der Waals surface area contributed by atoms with E-state index < -0.39 is 0 Å². The van der Waals surface area contributed by atoms with E-state index in [-0.39, 0.29) is 11.5 Å². The summed E-state index contributed by atoms with van der Waals surface area (Å²) < 4.78 is 18.5. The van der Waals surface area contributed by atoms with Crippen molar-refractivity contribution in [1.29, 1.82) is 0 Å². The van der Waals surface area contributed by atoms with E-state index in [4.69, 9.17) is 10.5 Å². The van der Waals surface area contributed by atoms with Gasteiger partial charge in [0.15, 0.2) is 5.82 Å². The average molecular weight is 167 g/mol. The minimum absolute atomic E-state index is 0.219. The molecule has 2 rings (SSSR count). The first-order valence-corrected chi connectivity index (χ1v) is 3.90. The lowest BCUT2D eigenvalue weighted by molar-refractivity contribution is 0.354. The Hall–Kier alpha value is -1.25. The number of rotatable bonds is 0. The number of aryl methyl sites for hydroxylation is 1. The third-order valence-electron chi connectivity index (χ3n) is 2.12. The molecule has 0 aromatic heterocycles. The van der Waals surface area contributed by atoms with Crippen molar-refractivity contribution in [2.45, 2.75) is 13.3 Å². The van der Waals surface area contributed by atoms with Gasteiger partial charge in [0.05, 0.1) is 12.3 Å². The maximum absolute atomic E-state index is 13.3. The lowest BCUT2D eigenvalue weighted by Crippen LogP contribution is -1.96. The second kappa shape index (κ2) is 2.37. The summed E-state index contributed by atoms with van der Waals surface area (Å²) in [6.07, 6.45) is 0.632. The van der Waals surface area contributed by atoms with Crippen LogP contribution in [-0.4, -0.2) is 6.61 Å². The van der Waals surface area contributed by atoms with Gasteiger partial charge in [0, 0.05) is 12.0 Å². The Morgan fingerprint density at radius 1 is 1.58 bits per heavy atom. The largest absolute Gasteiger partial charge is 0.493 e. The smallest absolute Gasteiger partial charge is 0.153 e. The van der Waals surface area contributed by atoms with Crippen LogP contribution in [0, 0.1) is 12.7 Å². The van der Waals surface area contributed by atoms with Gasteiger partial charge in [-0.1, -0.05) is 0 Å². The minimum atomic E-state index is -0.312. The highest BCUT2D eigenvalue weighted by molar-refractivity contribution is 5.55. The van der Waals surface area contributed by atoms with E-state index in [1.54, 1.807) is 6.07 Å². The quantitative estimate of drug-likeness (QED) is 0.596. The van der Waals surface area contributed by atoms with Crippen LogP contribution in [0.4, 0.5) is 10.1 Å². The van der Waals surface area contributed by atoms with E-state index in [0.29, 0.717) is 24.3 Å². The molecule has 1 aromatic carbocycles. The number of hydrogen-bond donors (Lipinski definition) is 1. The molecule has 64 valence electrons. The predicted molar refractivity (Wildman–Crippen MR) is 44.7 cm³/mol. The Morgan fingerprint density at radius 2 is 2.33 bits per heavy atom. The highest BCUT2D eigenvalue weighted by Crippen LogP contribution is 2.34. The van der Waals surface area contributed by atoms with Gasteiger partial charge in [-0.05, 0) is 18.6 Å². The van der Waals surface area contributed by atoms with E-state index in [1.165, 1.54) is 0 Å². The molecule has 2 nitrogen and oxygen atoms in total. The highest BCUT2D eigenvalue weighted by atomic mass is 19.1. The summed E-state index contributed by atoms with van der Waals surface area (Å²) in [6, 6.07) is 1.61. The molecule has 12 heavy (non-hydrogen) atoms. The fraction of sp³-hybridized carbons (Fsp3) is 0.333. The molecule has 2 N–H and O–H groups in total. The zero-order valence-electron chi connectivity index (χ0n) is 6.86. The second-order valence-electron chi connectivity index (χ2n) is 3.00. The number of hydrogen-bond acceptors (Lipinski definition) is 2. The van der Waals surface area contributed by atoms with Crippen molar-refractivity contribution in [2.75, 3.05) is 12.3 Å². The average Bonchev–Trinajstić information content (AvgIpc) is 2.48. The zero-order valence-corrected chi connectivity index (χ0v) is 6.86. The summed E-state index contributed by atoms with van der Waals surface area (Å²) in [7, 11) is 0. The SMILES string of the molecule is Cc1cc(N)c(F)c2c1OCC2. The van der Waals surface area contributed by atoms with Gasteiger partial charge >= 0.3 is 0 Å². The monoisotopic (exact) mass is 167 g/mol. The van der Waals surface area contributed by atoms with Crippen LogP contribution >= 0.6 is 0 Å². The third-order valence-corrected chi connectivity index (χ3v) is 2.12. The lowest BCUT2D eigenvalue weighted by Gasteiger charge is -2.06. The molecule has 1 aliphatic heterocycles. The Labute approximate surface area is 70.1 Å². The van der Waals surface area contributed by atoms with Crippen molar-refractivity contribution in [2.24, 2.45) is 0 Å². The fourth-order valence-corrected chi connectivity index (χ4v) is 1.55. The summed E-state index contributed by atoms with van der Waals surface area (Å²) >= 11 is 0. The van der Waals surface area contributed by atoms with Gasteiger partial charge in [-0.25, -0.2) is 4.39 Å². The van der Waals surface area contributed by atoms with Crippen molar-refractivity contribution in [1.82, 2.24) is 0 Å². The molecule has 1 aromatic rings. The van der Waals surface area contributed by atoms with E-state index >= 15 is 0 Å². The minimum Gasteiger partial charge on any atom is -0.493 e. The molecule has 0 saturated carbocycles. The predicted octanol–water partition coefficient (Wildman–Crippen LogP) is 1.65. The zero-order chi connectivity index (χ0) is 8.72. The van der Waals surface area contributed by atoms with Crippen LogP contribution in [0.15, 0.2) is 6.07 Å². The van der Waals surface area contributed by atoms with Gasteiger partial charge in [0.25, 0.3) is 0 Å². The molecule has 3 heteroatoms. The summed E-state index contributed by atoms with van der Waals surface area (Å²) in [5, 5.41) is 0. The number of halogens is 1. The molecule has 0 unspecified atom stereocenters. The fourth-order valence-electron chi connectivity index (χ4n) is 1.55. The number of ether oxygens (including phenoxy) is 1. The van der Waals surface area contributed by atoms with Crippen molar-refractivity contribution in [3.8, 4) is 5.75 Å². The third kappa shape index (κ3) is 0.858. The molecule has 1 heterocycles. The maximum Gasteiger partial charge on any atom is 0.153 e. The normalized spacial score (nSPS) is 14.2. The maximum atomic E-state index is 13.3. The first-order valence-electron chi connectivity index (χ1n) is 3.90. The lowest BCUT2D eigenvalue weighted by atomic mass is 10.1. The van der Waals surface area contributed by atoms with Crippen LogP contribution in [-0.2, 0) is 6.42 Å². The van der Waals surface area contributed by atoms with Crippen LogP contribution in [0.3, 0.4) is 0 Å². The van der Waals surface area contributed by atoms with Gasteiger partial charge in [0.2, 0.25) is 0 Å². The van der Waals surface area contributed by atoms with E-state index in [1.807, 2.05) is 6.92 Å². The molecular formula is C9H10FNO. The summed E-state index contributed by atoms with van der Waals surface area (Å²) in [5.74, 6) is 0.370. The Balaban J connectivity index is 2.69. The van der Waals surface area contributed by atoms with Gasteiger partial charge in [0.1, 0.15) is 5.75 Å². The van der Waals surface area contributed by atoms with Crippen LogP contribution in [0.25, 0.3) is 0 Å². The van der Waals surface area contributed by atoms with E-state index in [0.717, 1.165) is 5.56 Å². The van der Waals surface area contributed by atoms with Crippen molar-refractivity contribution >= 4 is 5.69 Å². The standard InChI is InChI=1S/C9H10FNO/c1-5-4-7(11)8(10)6-2-3-12-9(5)6/h4H,2-3,11H2,1H3. The second-order valence-corrected chi connectivity index (χ2v) is 3.00. The highest BCUT2D eigenvalue weighted by Gasteiger charge is 2.20. The number of benzene rings is 1. The van der Waals surface area contributed by atoms with Crippen LogP contribution < -0.4 is 10.5 Å². The number of fused-ring (bicyclic) bond motifs is 1. The Kier molecular flexibility index (Phi) is 1.46. The molecule has 0 atom stereocenters. The molecule has 0 spiro atoms. The van der Waals surface area contributed by atoms with E-state index in [9.17, 15) is 4.39 Å². The summed E-state index contributed by atoms with van der Waals surface area (Å²) in [4.78, 5) is 0. The van der Waals surface area contributed by atoms with Crippen LogP contribution in [0.2, 0.25) is 0 Å². The molecular weight excluding hydrogens is 157 g/mol. The van der Waals surface area contributed by atoms with Crippen LogP contribution in [0.5, 0.6) is 5.75 Å². The van der Waals surface area contributed by atoms with Gasteiger partial charge in [-0.3, -0.25) is 0 Å². The summed E-state index contributed by atoms with van der Waals surface area (Å²) in [6.45, 7) is 2.44.